The van der Waals surface area contributed by atoms with Crippen LogP contribution < -0.4 is 0 Å². The quantitative estimate of drug-likeness (QED) is 0.644. The lowest BCUT2D eigenvalue weighted by atomic mass is 9.76. The number of amides is 1. The van der Waals surface area contributed by atoms with Crippen LogP contribution in [0.1, 0.15) is 30.8 Å². The summed E-state index contributed by atoms with van der Waals surface area (Å²) in [5, 5.41) is 20.1. The second-order valence-electron chi connectivity index (χ2n) is 5.61. The van der Waals surface area contributed by atoms with Gasteiger partial charge in [-0.15, -0.1) is 0 Å². The van der Waals surface area contributed by atoms with E-state index in [2.05, 4.69) is 4.98 Å². The lowest BCUT2D eigenvalue weighted by molar-refractivity contribution is -0.389. The zero-order valence-electron chi connectivity index (χ0n) is 11.8. The number of nitro groups is 1. The van der Waals surface area contributed by atoms with Crippen molar-refractivity contribution in [1.29, 1.82) is 0 Å². The molecular weight excluding hydrogens is 278 g/mol. The number of nitrogens with one attached hydrogen (secondary N) is 1. The summed E-state index contributed by atoms with van der Waals surface area (Å²) < 4.78 is 0. The SMILES string of the molecule is CC(C)C1(C(=O)O)CCN(C(=O)c2ccc([N+](=O)[O-])[nH]2)C1. The van der Waals surface area contributed by atoms with Crippen molar-refractivity contribution >= 4 is 17.7 Å². The van der Waals surface area contributed by atoms with Crippen molar-refractivity contribution in [2.45, 2.75) is 20.3 Å². The van der Waals surface area contributed by atoms with Crippen LogP contribution >= 0.6 is 0 Å². The van der Waals surface area contributed by atoms with Gasteiger partial charge in [-0.2, -0.15) is 0 Å². The van der Waals surface area contributed by atoms with E-state index < -0.39 is 22.2 Å². The van der Waals surface area contributed by atoms with Crippen LogP contribution in [0.15, 0.2) is 12.1 Å². The van der Waals surface area contributed by atoms with E-state index in [0.29, 0.717) is 13.0 Å². The molecule has 1 atom stereocenters. The van der Waals surface area contributed by atoms with Crippen LogP contribution in [0.25, 0.3) is 0 Å². The minimum Gasteiger partial charge on any atom is -0.481 e. The standard InChI is InChI=1S/C13H17N3O5/c1-8(2)13(12(18)19)5-6-15(7-13)11(17)9-3-4-10(14-9)16(20)21/h3-4,8,14H,5-7H2,1-2H3,(H,18,19). The Hall–Kier alpha value is -2.38. The first-order valence-electron chi connectivity index (χ1n) is 6.64. The van der Waals surface area contributed by atoms with Gasteiger partial charge in [-0.05, 0) is 23.3 Å². The number of nitrogens with zero attached hydrogens (tertiary/aromatic N) is 2. The Morgan fingerprint density at radius 1 is 1.48 bits per heavy atom. The average molecular weight is 295 g/mol. The highest BCUT2D eigenvalue weighted by atomic mass is 16.6. The van der Waals surface area contributed by atoms with Crippen molar-refractivity contribution in [1.82, 2.24) is 9.88 Å². The maximum atomic E-state index is 12.3. The van der Waals surface area contributed by atoms with Gasteiger partial charge in [-0.1, -0.05) is 13.8 Å². The van der Waals surface area contributed by atoms with Gasteiger partial charge in [0.15, 0.2) is 5.69 Å². The normalized spacial score (nSPS) is 21.8. The van der Waals surface area contributed by atoms with Crippen molar-refractivity contribution in [2.75, 3.05) is 13.1 Å². The average Bonchev–Trinajstić information content (AvgIpc) is 3.06. The summed E-state index contributed by atoms with van der Waals surface area (Å²) >= 11 is 0. The molecule has 1 saturated heterocycles. The van der Waals surface area contributed by atoms with Gasteiger partial charge in [0.25, 0.3) is 5.91 Å². The topological polar surface area (TPSA) is 117 Å². The van der Waals surface area contributed by atoms with Crippen molar-refractivity contribution < 1.29 is 19.6 Å². The molecule has 1 aliphatic heterocycles. The molecule has 0 radical (unpaired) electrons. The predicted octanol–water partition coefficient (Wildman–Crippen LogP) is 1.50. The van der Waals surface area contributed by atoms with Crippen molar-refractivity contribution in [2.24, 2.45) is 11.3 Å². The Morgan fingerprint density at radius 3 is 2.57 bits per heavy atom. The van der Waals surface area contributed by atoms with E-state index >= 15 is 0 Å². The van der Waals surface area contributed by atoms with Gasteiger partial charge in [-0.3, -0.25) is 9.59 Å². The highest BCUT2D eigenvalue weighted by Crippen LogP contribution is 2.38. The number of carbonyl (C=O) groups excluding carboxylic acids is 1. The van der Waals surface area contributed by atoms with E-state index in [4.69, 9.17) is 0 Å². The number of aliphatic carboxylic acids is 1. The fourth-order valence-corrected chi connectivity index (χ4v) is 2.68. The van der Waals surface area contributed by atoms with Crippen LogP contribution in [-0.4, -0.2) is 44.9 Å². The van der Waals surface area contributed by atoms with Gasteiger partial charge in [-0.25, -0.2) is 4.98 Å². The van der Waals surface area contributed by atoms with Gasteiger partial charge < -0.3 is 20.1 Å². The number of H-pyrrole nitrogens is 1. The maximum absolute atomic E-state index is 12.3. The van der Waals surface area contributed by atoms with Gasteiger partial charge >= 0.3 is 11.8 Å². The van der Waals surface area contributed by atoms with Crippen LogP contribution in [-0.2, 0) is 4.79 Å². The molecule has 1 aliphatic rings. The summed E-state index contributed by atoms with van der Waals surface area (Å²) in [4.78, 5) is 37.7. The molecule has 0 bridgehead atoms. The molecule has 1 unspecified atom stereocenters. The second kappa shape index (κ2) is 5.19. The molecule has 8 nitrogen and oxygen atoms in total. The lowest BCUT2D eigenvalue weighted by Gasteiger charge is -2.28. The molecule has 0 saturated carbocycles. The van der Waals surface area contributed by atoms with Crippen molar-refractivity contribution in [3.63, 3.8) is 0 Å². The third kappa shape index (κ3) is 2.48. The van der Waals surface area contributed by atoms with Crippen LogP contribution in [0, 0.1) is 21.4 Å². The Kier molecular flexibility index (Phi) is 3.71. The zero-order chi connectivity index (χ0) is 15.8. The lowest BCUT2D eigenvalue weighted by Crippen LogP contribution is -2.40. The summed E-state index contributed by atoms with van der Waals surface area (Å²) in [5.41, 5.74) is -0.847. The first-order valence-corrected chi connectivity index (χ1v) is 6.64. The third-order valence-electron chi connectivity index (χ3n) is 4.22. The van der Waals surface area contributed by atoms with Crippen LogP contribution in [0.2, 0.25) is 0 Å². The molecule has 21 heavy (non-hydrogen) atoms. The maximum Gasteiger partial charge on any atom is 0.321 e. The Bertz CT molecular complexity index is 594. The van der Waals surface area contributed by atoms with Crippen molar-refractivity contribution in [3.8, 4) is 0 Å². The summed E-state index contributed by atoms with van der Waals surface area (Å²) in [6, 6.07) is 2.56. The molecule has 2 rings (SSSR count). The van der Waals surface area contributed by atoms with E-state index in [9.17, 15) is 24.8 Å². The van der Waals surface area contributed by atoms with Gasteiger partial charge in [0, 0.05) is 19.2 Å². The molecule has 2 N–H and O–H groups in total. The van der Waals surface area contributed by atoms with E-state index in [-0.39, 0.29) is 24.0 Å². The summed E-state index contributed by atoms with van der Waals surface area (Å²) in [5.74, 6) is -1.69. The molecule has 1 fully saturated rings. The van der Waals surface area contributed by atoms with Gasteiger partial charge in [0.2, 0.25) is 0 Å². The van der Waals surface area contributed by atoms with E-state index in [1.807, 2.05) is 13.8 Å². The van der Waals surface area contributed by atoms with Gasteiger partial charge in [0.1, 0.15) is 0 Å². The second-order valence-corrected chi connectivity index (χ2v) is 5.61. The first-order chi connectivity index (χ1) is 9.78. The monoisotopic (exact) mass is 295 g/mol. The smallest absolute Gasteiger partial charge is 0.321 e. The van der Waals surface area contributed by atoms with E-state index in [1.54, 1.807) is 0 Å². The minimum absolute atomic E-state index is 0.103. The number of carbonyl (C=O) groups is 2. The third-order valence-corrected chi connectivity index (χ3v) is 4.22. The molecule has 8 heteroatoms. The highest BCUT2D eigenvalue weighted by molar-refractivity contribution is 5.93. The molecule has 0 aliphatic carbocycles. The van der Waals surface area contributed by atoms with E-state index in [0.717, 1.165) is 0 Å². The molecule has 2 heterocycles. The summed E-state index contributed by atoms with van der Waals surface area (Å²) in [6.45, 7) is 4.09. The predicted molar refractivity (Wildman–Crippen MR) is 72.9 cm³/mol. The van der Waals surface area contributed by atoms with Crippen molar-refractivity contribution in [3.05, 3.63) is 27.9 Å². The van der Waals surface area contributed by atoms with Gasteiger partial charge in [0.05, 0.1) is 5.41 Å². The van der Waals surface area contributed by atoms with Crippen LogP contribution in [0.5, 0.6) is 0 Å². The first kappa shape index (κ1) is 15.0. The van der Waals surface area contributed by atoms with E-state index in [1.165, 1.54) is 17.0 Å². The summed E-state index contributed by atoms with van der Waals surface area (Å²) in [6.07, 6.45) is 0.383. The molecular formula is C13H17N3O5. The Labute approximate surface area is 120 Å². The number of rotatable bonds is 4. The molecule has 1 aromatic heterocycles. The molecule has 0 aromatic carbocycles. The largest absolute Gasteiger partial charge is 0.481 e. The molecule has 0 spiro atoms. The fourth-order valence-electron chi connectivity index (χ4n) is 2.68. The Balaban J connectivity index is 2.18. The molecule has 114 valence electrons. The molecule has 1 aromatic rings. The minimum atomic E-state index is -0.950. The number of likely N-dealkylation sites (tertiary alicyclic amines) is 1. The fraction of sp³-hybridized carbons (Fsp3) is 0.538. The highest BCUT2D eigenvalue weighted by Gasteiger charge is 2.48. The number of carboxylic acid groups (broad SMARTS) is 1. The number of aromatic amines is 1. The Morgan fingerprint density at radius 2 is 2.14 bits per heavy atom. The molecule has 1 amide bonds. The van der Waals surface area contributed by atoms with Crippen LogP contribution in [0.3, 0.4) is 0 Å². The number of hydrogen-bond donors (Lipinski definition) is 2. The number of aromatic nitrogens is 1. The number of hydrogen-bond acceptors (Lipinski definition) is 4. The number of carboxylic acids is 1. The van der Waals surface area contributed by atoms with Crippen LogP contribution in [0.4, 0.5) is 5.82 Å². The summed E-state index contributed by atoms with van der Waals surface area (Å²) in [7, 11) is 0. The zero-order valence-corrected chi connectivity index (χ0v) is 11.8.